The summed E-state index contributed by atoms with van der Waals surface area (Å²) in [5.41, 5.74) is 11.4. The predicted molar refractivity (Wildman–Crippen MR) is 155 cm³/mol. The van der Waals surface area contributed by atoms with E-state index in [1.165, 1.54) is 0 Å². The van der Waals surface area contributed by atoms with Crippen molar-refractivity contribution in [3.63, 3.8) is 0 Å². The van der Waals surface area contributed by atoms with Crippen LogP contribution in [0, 0.1) is 32.1 Å². The number of hydrogen-bond donors (Lipinski definition) is 1. The SMILES string of the molecule is CCCOc1ccc(C2C(C#N)=C(N)Oc3cc(OC(=O)c4oc5c(C)c(C)ccc5c4C)ccc32)cc1OCC. The van der Waals surface area contributed by atoms with Crippen LogP contribution in [0.15, 0.2) is 64.4 Å². The third-order valence-corrected chi connectivity index (χ3v) is 7.27. The molecule has 0 amide bonds. The number of hydrogen-bond acceptors (Lipinski definition) is 8. The molecule has 0 spiro atoms. The van der Waals surface area contributed by atoms with Crippen LogP contribution in [-0.2, 0) is 0 Å². The highest BCUT2D eigenvalue weighted by atomic mass is 16.5. The second-order valence-corrected chi connectivity index (χ2v) is 9.94. The van der Waals surface area contributed by atoms with Crippen molar-refractivity contribution in [2.45, 2.75) is 47.0 Å². The highest BCUT2D eigenvalue weighted by molar-refractivity contribution is 5.98. The summed E-state index contributed by atoms with van der Waals surface area (Å²) in [4.78, 5) is 13.2. The fourth-order valence-electron chi connectivity index (χ4n) is 5.01. The Morgan fingerprint density at radius 3 is 2.54 bits per heavy atom. The van der Waals surface area contributed by atoms with Crippen LogP contribution >= 0.6 is 0 Å². The van der Waals surface area contributed by atoms with Gasteiger partial charge in [0.2, 0.25) is 11.6 Å². The van der Waals surface area contributed by atoms with Crippen molar-refractivity contribution in [1.82, 2.24) is 0 Å². The molecular formula is C33H32N2O6. The lowest BCUT2D eigenvalue weighted by Gasteiger charge is -2.27. The van der Waals surface area contributed by atoms with E-state index in [-0.39, 0.29) is 23.0 Å². The van der Waals surface area contributed by atoms with Gasteiger partial charge < -0.3 is 29.1 Å². The molecule has 2 heterocycles. The highest BCUT2D eigenvalue weighted by Gasteiger charge is 2.32. The van der Waals surface area contributed by atoms with E-state index in [2.05, 4.69) is 6.07 Å². The molecule has 3 aromatic carbocycles. The van der Waals surface area contributed by atoms with E-state index in [0.29, 0.717) is 47.2 Å². The second-order valence-electron chi connectivity index (χ2n) is 9.94. The Labute approximate surface area is 238 Å². The van der Waals surface area contributed by atoms with Crippen molar-refractivity contribution in [3.05, 3.63) is 93.6 Å². The topological polar surface area (TPSA) is 117 Å². The Balaban J connectivity index is 1.49. The zero-order chi connectivity index (χ0) is 29.3. The van der Waals surface area contributed by atoms with Crippen LogP contribution in [0.2, 0.25) is 0 Å². The molecule has 1 aromatic heterocycles. The van der Waals surface area contributed by atoms with Gasteiger partial charge in [0.1, 0.15) is 28.7 Å². The first-order valence-electron chi connectivity index (χ1n) is 13.6. The van der Waals surface area contributed by atoms with E-state index in [0.717, 1.165) is 28.5 Å². The Hall–Kier alpha value is -4.90. The fraction of sp³-hybridized carbons (Fsp3) is 0.273. The first kappa shape index (κ1) is 27.7. The summed E-state index contributed by atoms with van der Waals surface area (Å²) >= 11 is 0. The summed E-state index contributed by atoms with van der Waals surface area (Å²) in [7, 11) is 0. The normalized spacial score (nSPS) is 14.3. The van der Waals surface area contributed by atoms with Gasteiger partial charge in [-0.1, -0.05) is 31.2 Å². The van der Waals surface area contributed by atoms with E-state index in [1.807, 2.05) is 65.0 Å². The number of aryl methyl sites for hydroxylation is 3. The van der Waals surface area contributed by atoms with Crippen molar-refractivity contribution in [2.75, 3.05) is 13.2 Å². The zero-order valence-electron chi connectivity index (χ0n) is 23.8. The van der Waals surface area contributed by atoms with Crippen LogP contribution in [-0.4, -0.2) is 19.2 Å². The Morgan fingerprint density at radius 1 is 1.00 bits per heavy atom. The summed E-state index contributed by atoms with van der Waals surface area (Å²) < 4.78 is 29.2. The number of ether oxygens (including phenoxy) is 4. The molecule has 0 bridgehead atoms. The predicted octanol–water partition coefficient (Wildman–Crippen LogP) is 6.98. The largest absolute Gasteiger partial charge is 0.490 e. The van der Waals surface area contributed by atoms with E-state index < -0.39 is 11.9 Å². The van der Waals surface area contributed by atoms with Gasteiger partial charge in [0.25, 0.3) is 0 Å². The number of carbonyl (C=O) groups is 1. The molecule has 0 radical (unpaired) electrons. The molecule has 8 nitrogen and oxygen atoms in total. The summed E-state index contributed by atoms with van der Waals surface area (Å²) in [5.74, 6) is 0.848. The molecule has 2 N–H and O–H groups in total. The first-order chi connectivity index (χ1) is 19.8. The van der Waals surface area contributed by atoms with Gasteiger partial charge in [0.05, 0.1) is 19.1 Å². The van der Waals surface area contributed by atoms with Gasteiger partial charge >= 0.3 is 5.97 Å². The number of nitrogens with two attached hydrogens (primary N) is 1. The molecule has 1 aliphatic rings. The lowest BCUT2D eigenvalue weighted by atomic mass is 9.83. The molecule has 8 heteroatoms. The summed E-state index contributed by atoms with van der Waals surface area (Å²) in [6, 6.07) is 16.8. The molecule has 1 aliphatic heterocycles. The highest BCUT2D eigenvalue weighted by Crippen LogP contribution is 2.45. The third kappa shape index (κ3) is 5.07. The molecule has 1 unspecified atom stereocenters. The monoisotopic (exact) mass is 552 g/mol. The van der Waals surface area contributed by atoms with Crippen molar-refractivity contribution in [2.24, 2.45) is 5.73 Å². The van der Waals surface area contributed by atoms with Crippen molar-refractivity contribution in [1.29, 1.82) is 5.26 Å². The minimum absolute atomic E-state index is 0.0169. The minimum Gasteiger partial charge on any atom is -0.490 e. The van der Waals surface area contributed by atoms with Gasteiger partial charge in [-0.15, -0.1) is 0 Å². The van der Waals surface area contributed by atoms with Crippen LogP contribution < -0.4 is 24.7 Å². The average molecular weight is 553 g/mol. The number of benzene rings is 3. The second kappa shape index (κ2) is 11.3. The Morgan fingerprint density at radius 2 is 1.80 bits per heavy atom. The maximum absolute atomic E-state index is 13.2. The summed E-state index contributed by atoms with van der Waals surface area (Å²) in [6.07, 6.45) is 0.862. The Bertz CT molecular complexity index is 1730. The molecular weight excluding hydrogens is 520 g/mol. The van der Waals surface area contributed by atoms with Crippen LogP contribution in [0.1, 0.15) is 64.6 Å². The molecule has 0 fully saturated rings. The van der Waals surface area contributed by atoms with Gasteiger partial charge in [0.15, 0.2) is 11.5 Å². The van der Waals surface area contributed by atoms with E-state index in [9.17, 15) is 10.1 Å². The smallest absolute Gasteiger partial charge is 0.379 e. The average Bonchev–Trinajstić information content (AvgIpc) is 3.30. The number of nitrogens with zero attached hydrogens (tertiary/aromatic N) is 1. The summed E-state index contributed by atoms with van der Waals surface area (Å²) in [5, 5.41) is 10.9. The maximum Gasteiger partial charge on any atom is 0.379 e. The molecule has 41 heavy (non-hydrogen) atoms. The van der Waals surface area contributed by atoms with E-state index in [4.69, 9.17) is 29.1 Å². The fourth-order valence-corrected chi connectivity index (χ4v) is 5.01. The lowest BCUT2D eigenvalue weighted by molar-refractivity contribution is 0.0702. The number of carbonyl (C=O) groups excluding carboxylic acids is 1. The molecule has 0 saturated carbocycles. The zero-order valence-corrected chi connectivity index (χ0v) is 23.8. The molecule has 5 rings (SSSR count). The molecule has 0 aliphatic carbocycles. The van der Waals surface area contributed by atoms with Gasteiger partial charge in [-0.25, -0.2) is 4.79 Å². The number of allylic oxidation sites excluding steroid dienone is 1. The number of furan rings is 1. The van der Waals surface area contributed by atoms with Crippen LogP contribution in [0.4, 0.5) is 0 Å². The molecule has 210 valence electrons. The number of fused-ring (bicyclic) bond motifs is 2. The van der Waals surface area contributed by atoms with E-state index >= 15 is 0 Å². The van der Waals surface area contributed by atoms with Gasteiger partial charge in [-0.05, 0) is 69.0 Å². The maximum atomic E-state index is 13.2. The van der Waals surface area contributed by atoms with Crippen LogP contribution in [0.5, 0.6) is 23.0 Å². The minimum atomic E-state index is -0.617. The van der Waals surface area contributed by atoms with Crippen LogP contribution in [0.3, 0.4) is 0 Å². The van der Waals surface area contributed by atoms with Gasteiger partial charge in [-0.3, -0.25) is 0 Å². The van der Waals surface area contributed by atoms with Gasteiger partial charge in [-0.2, -0.15) is 5.26 Å². The summed E-state index contributed by atoms with van der Waals surface area (Å²) in [6.45, 7) is 10.7. The van der Waals surface area contributed by atoms with Gasteiger partial charge in [0, 0.05) is 22.6 Å². The number of nitriles is 1. The van der Waals surface area contributed by atoms with Crippen LogP contribution in [0.25, 0.3) is 11.0 Å². The van der Waals surface area contributed by atoms with Crippen molar-refractivity contribution in [3.8, 4) is 29.1 Å². The molecule has 1 atom stereocenters. The van der Waals surface area contributed by atoms with Crippen molar-refractivity contribution >= 4 is 16.9 Å². The molecule has 4 aromatic rings. The van der Waals surface area contributed by atoms with E-state index in [1.54, 1.807) is 18.2 Å². The number of rotatable bonds is 8. The molecule has 0 saturated heterocycles. The standard InChI is InChI=1S/C33H32N2O6/c1-6-14-38-26-13-9-21(15-28(26)37-7-2)29-24-12-10-22(16-27(24)40-32(35)25(29)17-34)39-33(36)31-20(5)23-11-8-18(3)19(4)30(23)41-31/h8-13,15-16,29H,6-7,14,35H2,1-5H3. The first-order valence-corrected chi connectivity index (χ1v) is 13.6. The number of esters is 1. The quantitative estimate of drug-likeness (QED) is 0.184. The Kier molecular flexibility index (Phi) is 7.62. The lowest BCUT2D eigenvalue weighted by Crippen LogP contribution is -2.21. The van der Waals surface area contributed by atoms with Crippen molar-refractivity contribution < 1.29 is 28.2 Å². The third-order valence-electron chi connectivity index (χ3n) is 7.27.